The molecule has 18 heavy (non-hydrogen) atoms. The normalized spacial score (nSPS) is 10.1. The quantitative estimate of drug-likeness (QED) is 0.596. The van der Waals surface area contributed by atoms with Gasteiger partial charge in [0.05, 0.1) is 17.7 Å². The molecule has 0 saturated carbocycles. The summed E-state index contributed by atoms with van der Waals surface area (Å²) in [4.78, 5) is 18.1. The molecule has 0 radical (unpaired) electrons. The van der Waals surface area contributed by atoms with Crippen LogP contribution >= 0.6 is 0 Å². The van der Waals surface area contributed by atoms with E-state index in [1.54, 1.807) is 13.1 Å². The summed E-state index contributed by atoms with van der Waals surface area (Å²) in [6.07, 6.45) is 2.73. The van der Waals surface area contributed by atoms with E-state index in [4.69, 9.17) is 4.52 Å². The van der Waals surface area contributed by atoms with Gasteiger partial charge in [-0.25, -0.2) is 9.97 Å². The Morgan fingerprint density at radius 2 is 2.22 bits per heavy atom. The van der Waals surface area contributed by atoms with Crippen LogP contribution in [0.5, 0.6) is 0 Å². The zero-order chi connectivity index (χ0) is 13.0. The predicted molar refractivity (Wildman–Crippen MR) is 62.1 cm³/mol. The molecule has 0 fully saturated rings. The third kappa shape index (κ3) is 2.34. The molecule has 2 N–H and O–H groups in total. The monoisotopic (exact) mass is 250 g/mol. The molecule has 0 spiro atoms. The van der Waals surface area contributed by atoms with Gasteiger partial charge in [-0.15, -0.1) is 0 Å². The number of hydrogen-bond acceptors (Lipinski definition) is 8. The number of aromatic nitrogens is 3. The smallest absolute Gasteiger partial charge is 0.353 e. The first-order chi connectivity index (χ1) is 8.72. The standard InChI is InChI=1S/C9H10N6O3/c1-10-8-7(15(16)17)9(13-5-12-8)11-4-6-2-3-14-18-6/h2-3,5H,4H2,1H3,(H2,10,11,12,13). The minimum absolute atomic E-state index is 0.121. The number of rotatable bonds is 5. The van der Waals surface area contributed by atoms with E-state index in [1.807, 2.05) is 0 Å². The van der Waals surface area contributed by atoms with Gasteiger partial charge in [-0.05, 0) is 0 Å². The maximum Gasteiger partial charge on any atom is 0.353 e. The Bertz CT molecular complexity index is 541. The van der Waals surface area contributed by atoms with Gasteiger partial charge in [-0.2, -0.15) is 0 Å². The van der Waals surface area contributed by atoms with Gasteiger partial charge >= 0.3 is 5.69 Å². The van der Waals surface area contributed by atoms with E-state index in [-0.39, 0.29) is 23.9 Å². The van der Waals surface area contributed by atoms with E-state index < -0.39 is 4.92 Å². The Labute approximate surface area is 101 Å². The van der Waals surface area contributed by atoms with Crippen molar-refractivity contribution in [2.24, 2.45) is 0 Å². The van der Waals surface area contributed by atoms with Gasteiger partial charge < -0.3 is 15.2 Å². The summed E-state index contributed by atoms with van der Waals surface area (Å²) in [5.41, 5.74) is -0.209. The van der Waals surface area contributed by atoms with Crippen LogP contribution in [0.25, 0.3) is 0 Å². The Morgan fingerprint density at radius 3 is 2.83 bits per heavy atom. The minimum Gasteiger partial charge on any atom is -0.367 e. The average molecular weight is 250 g/mol. The second kappa shape index (κ2) is 5.08. The minimum atomic E-state index is -0.547. The maximum atomic E-state index is 11.0. The summed E-state index contributed by atoms with van der Waals surface area (Å²) in [5.74, 6) is 0.819. The summed E-state index contributed by atoms with van der Waals surface area (Å²) in [7, 11) is 1.55. The van der Waals surface area contributed by atoms with Crippen LogP contribution in [-0.2, 0) is 6.54 Å². The van der Waals surface area contributed by atoms with Crippen LogP contribution in [-0.4, -0.2) is 27.1 Å². The van der Waals surface area contributed by atoms with Gasteiger partial charge in [0.2, 0.25) is 11.6 Å². The summed E-state index contributed by atoms with van der Waals surface area (Å²) in [5, 5.41) is 20.0. The van der Waals surface area contributed by atoms with Crippen molar-refractivity contribution in [3.8, 4) is 0 Å². The SMILES string of the molecule is CNc1ncnc(NCc2ccno2)c1[N+](=O)[O-]. The lowest BCUT2D eigenvalue weighted by molar-refractivity contribution is -0.383. The third-order valence-electron chi connectivity index (χ3n) is 2.16. The second-order valence-electron chi connectivity index (χ2n) is 3.26. The fourth-order valence-corrected chi connectivity index (χ4v) is 1.37. The fourth-order valence-electron chi connectivity index (χ4n) is 1.37. The van der Waals surface area contributed by atoms with E-state index in [0.29, 0.717) is 5.76 Å². The number of anilines is 2. The lowest BCUT2D eigenvalue weighted by Crippen LogP contribution is -2.07. The van der Waals surface area contributed by atoms with Crippen molar-refractivity contribution in [2.75, 3.05) is 17.7 Å². The highest BCUT2D eigenvalue weighted by atomic mass is 16.6. The van der Waals surface area contributed by atoms with Crippen LogP contribution in [0.3, 0.4) is 0 Å². The van der Waals surface area contributed by atoms with E-state index in [9.17, 15) is 10.1 Å². The molecule has 0 atom stereocenters. The van der Waals surface area contributed by atoms with Crippen LogP contribution < -0.4 is 10.6 Å². The van der Waals surface area contributed by atoms with Gasteiger partial charge in [-0.1, -0.05) is 5.16 Å². The topological polar surface area (TPSA) is 119 Å². The molecule has 2 rings (SSSR count). The molecule has 2 aromatic heterocycles. The molecule has 0 aliphatic heterocycles. The molecule has 0 aliphatic rings. The molecule has 9 nitrogen and oxygen atoms in total. The van der Waals surface area contributed by atoms with Gasteiger partial charge in [-0.3, -0.25) is 10.1 Å². The molecule has 2 aromatic rings. The number of nitrogens with zero attached hydrogens (tertiary/aromatic N) is 4. The predicted octanol–water partition coefficient (Wildman–Crippen LogP) is 1.03. The van der Waals surface area contributed by atoms with Gasteiger partial charge in [0.25, 0.3) is 0 Å². The molecule has 0 aromatic carbocycles. The fraction of sp³-hybridized carbons (Fsp3) is 0.222. The molecule has 0 bridgehead atoms. The zero-order valence-corrected chi connectivity index (χ0v) is 9.45. The highest BCUT2D eigenvalue weighted by Crippen LogP contribution is 2.28. The first-order valence-electron chi connectivity index (χ1n) is 5.03. The summed E-state index contributed by atoms with van der Waals surface area (Å²) in [6, 6.07) is 1.65. The largest absolute Gasteiger partial charge is 0.367 e. The molecule has 0 unspecified atom stereocenters. The molecular formula is C9H10N6O3. The molecule has 2 heterocycles. The van der Waals surface area contributed by atoms with E-state index in [2.05, 4.69) is 25.8 Å². The van der Waals surface area contributed by atoms with Crippen LogP contribution in [0.2, 0.25) is 0 Å². The Kier molecular flexibility index (Phi) is 3.32. The summed E-state index contributed by atoms with van der Waals surface area (Å²) in [6.45, 7) is 0.251. The first-order valence-corrected chi connectivity index (χ1v) is 5.03. The number of hydrogen-bond donors (Lipinski definition) is 2. The highest BCUT2D eigenvalue weighted by molar-refractivity contribution is 5.68. The van der Waals surface area contributed by atoms with Crippen LogP contribution in [0.15, 0.2) is 23.1 Å². The first kappa shape index (κ1) is 11.8. The number of nitro groups is 1. The average Bonchev–Trinajstić information content (AvgIpc) is 2.88. The zero-order valence-electron chi connectivity index (χ0n) is 9.45. The van der Waals surface area contributed by atoms with Crippen LogP contribution in [0.1, 0.15) is 5.76 Å². The van der Waals surface area contributed by atoms with E-state index in [0.717, 1.165) is 0 Å². The Balaban J connectivity index is 2.24. The van der Waals surface area contributed by atoms with Crippen molar-refractivity contribution in [3.05, 3.63) is 34.5 Å². The van der Waals surface area contributed by atoms with Crippen molar-refractivity contribution < 1.29 is 9.45 Å². The van der Waals surface area contributed by atoms with E-state index >= 15 is 0 Å². The summed E-state index contributed by atoms with van der Waals surface area (Å²) >= 11 is 0. The van der Waals surface area contributed by atoms with Crippen molar-refractivity contribution in [1.29, 1.82) is 0 Å². The maximum absolute atomic E-state index is 11.0. The van der Waals surface area contributed by atoms with Gasteiger partial charge in [0, 0.05) is 13.1 Å². The molecule has 0 aliphatic carbocycles. The van der Waals surface area contributed by atoms with Gasteiger partial charge in [0.1, 0.15) is 6.33 Å². The van der Waals surface area contributed by atoms with Crippen molar-refractivity contribution >= 4 is 17.3 Å². The molecule has 0 saturated heterocycles. The van der Waals surface area contributed by atoms with E-state index in [1.165, 1.54) is 12.5 Å². The molecule has 9 heteroatoms. The highest BCUT2D eigenvalue weighted by Gasteiger charge is 2.21. The lowest BCUT2D eigenvalue weighted by atomic mass is 10.4. The molecule has 94 valence electrons. The van der Waals surface area contributed by atoms with Crippen molar-refractivity contribution in [3.63, 3.8) is 0 Å². The molecular weight excluding hydrogens is 240 g/mol. The third-order valence-corrected chi connectivity index (χ3v) is 2.16. The summed E-state index contributed by atoms with van der Waals surface area (Å²) < 4.78 is 4.87. The van der Waals surface area contributed by atoms with Gasteiger partial charge in [0.15, 0.2) is 5.76 Å². The second-order valence-corrected chi connectivity index (χ2v) is 3.26. The van der Waals surface area contributed by atoms with Crippen molar-refractivity contribution in [2.45, 2.75) is 6.54 Å². The van der Waals surface area contributed by atoms with Crippen LogP contribution in [0.4, 0.5) is 17.3 Å². The van der Waals surface area contributed by atoms with Crippen molar-refractivity contribution in [1.82, 2.24) is 15.1 Å². The Hall–Kier alpha value is -2.71. The Morgan fingerprint density at radius 1 is 1.44 bits per heavy atom. The van der Waals surface area contributed by atoms with Crippen LogP contribution in [0, 0.1) is 10.1 Å². The number of nitrogens with one attached hydrogen (secondary N) is 2. The molecule has 0 amide bonds. The lowest BCUT2D eigenvalue weighted by Gasteiger charge is -2.06.